The van der Waals surface area contributed by atoms with Crippen molar-refractivity contribution in [3.63, 3.8) is 0 Å². The molecular formula is C16H28ClN3. The molecule has 1 atom stereocenters. The molecule has 20 heavy (non-hydrogen) atoms. The number of unbranched alkanes of at least 4 members (excludes halogenated alkanes) is 2. The summed E-state index contributed by atoms with van der Waals surface area (Å²) in [5.74, 6) is 0.694. The molecule has 0 spiro atoms. The minimum atomic E-state index is 0. The van der Waals surface area contributed by atoms with Crippen molar-refractivity contribution in [3.8, 4) is 0 Å². The molecule has 0 saturated heterocycles. The molecule has 4 heteroatoms. The molecule has 0 aliphatic carbocycles. The fourth-order valence-corrected chi connectivity index (χ4v) is 2.08. The molecule has 0 aliphatic heterocycles. The van der Waals surface area contributed by atoms with Crippen LogP contribution in [-0.4, -0.2) is 18.5 Å². The van der Waals surface area contributed by atoms with Gasteiger partial charge in [0.2, 0.25) is 0 Å². The van der Waals surface area contributed by atoms with Crippen LogP contribution in [0.5, 0.6) is 0 Å². The number of benzene rings is 1. The smallest absolute Gasteiger partial charge is 0.341 e. The Bertz CT molecular complexity index is 365. The minimum absolute atomic E-state index is 0. The van der Waals surface area contributed by atoms with Crippen LogP contribution in [0.2, 0.25) is 0 Å². The van der Waals surface area contributed by atoms with Crippen LogP contribution in [-0.2, 0) is 6.42 Å². The van der Waals surface area contributed by atoms with Gasteiger partial charge in [-0.1, -0.05) is 56.5 Å². The van der Waals surface area contributed by atoms with Crippen LogP contribution >= 0.6 is 0 Å². The lowest BCUT2D eigenvalue weighted by atomic mass is 10.1. The van der Waals surface area contributed by atoms with Crippen LogP contribution < -0.4 is 28.4 Å². The van der Waals surface area contributed by atoms with Gasteiger partial charge in [-0.2, -0.15) is 0 Å². The highest BCUT2D eigenvalue weighted by Crippen LogP contribution is 2.01. The Balaban J connectivity index is 0.00000361. The maximum Gasteiger partial charge on any atom is 0.341 e. The van der Waals surface area contributed by atoms with Gasteiger partial charge in [-0.05, 0) is 18.9 Å². The second-order valence-corrected chi connectivity index (χ2v) is 5.12. The molecular weight excluding hydrogens is 270 g/mol. The van der Waals surface area contributed by atoms with E-state index in [1.54, 1.807) is 0 Å². The van der Waals surface area contributed by atoms with Gasteiger partial charge < -0.3 is 12.4 Å². The van der Waals surface area contributed by atoms with Gasteiger partial charge in [-0.25, -0.2) is 0 Å². The molecule has 0 radical (unpaired) electrons. The Hall–Kier alpha value is -1.22. The molecule has 0 aliphatic rings. The van der Waals surface area contributed by atoms with Gasteiger partial charge >= 0.3 is 5.96 Å². The van der Waals surface area contributed by atoms with Gasteiger partial charge in [-0.3, -0.25) is 16.0 Å². The SMILES string of the molecule is CCCCCC(C)NC(N)=[NH+]CCc1ccccc1.[Cl-]. The van der Waals surface area contributed by atoms with Crippen LogP contribution in [0.15, 0.2) is 30.3 Å². The molecule has 0 fully saturated rings. The van der Waals surface area contributed by atoms with Crippen molar-refractivity contribution in [3.05, 3.63) is 35.9 Å². The van der Waals surface area contributed by atoms with E-state index in [1.165, 1.54) is 31.2 Å². The quantitative estimate of drug-likeness (QED) is 0.301. The zero-order valence-electron chi connectivity index (χ0n) is 12.7. The zero-order chi connectivity index (χ0) is 13.9. The molecule has 0 saturated carbocycles. The molecule has 0 bridgehead atoms. The number of rotatable bonds is 8. The fraction of sp³-hybridized carbons (Fsp3) is 0.562. The molecule has 0 heterocycles. The van der Waals surface area contributed by atoms with E-state index in [9.17, 15) is 0 Å². The molecule has 1 aromatic rings. The maximum absolute atomic E-state index is 5.94. The van der Waals surface area contributed by atoms with E-state index in [0.29, 0.717) is 12.0 Å². The van der Waals surface area contributed by atoms with Gasteiger partial charge in [0.05, 0.1) is 12.6 Å². The Labute approximate surface area is 129 Å². The largest absolute Gasteiger partial charge is 1.00 e. The summed E-state index contributed by atoms with van der Waals surface area (Å²) in [6.45, 7) is 5.27. The lowest BCUT2D eigenvalue weighted by Crippen LogP contribution is -3.00. The lowest BCUT2D eigenvalue weighted by Gasteiger charge is -2.09. The van der Waals surface area contributed by atoms with Crippen molar-refractivity contribution in [2.75, 3.05) is 6.54 Å². The molecule has 0 amide bonds. The van der Waals surface area contributed by atoms with Crippen molar-refractivity contribution in [2.24, 2.45) is 5.73 Å². The molecule has 114 valence electrons. The number of hydrogen-bond donors (Lipinski definition) is 3. The van der Waals surface area contributed by atoms with Crippen molar-refractivity contribution in [1.82, 2.24) is 5.32 Å². The Morgan fingerprint density at radius 3 is 2.60 bits per heavy atom. The molecule has 4 N–H and O–H groups in total. The van der Waals surface area contributed by atoms with E-state index < -0.39 is 0 Å². The Kier molecular flexibility index (Phi) is 10.9. The van der Waals surface area contributed by atoms with Gasteiger partial charge in [0.25, 0.3) is 0 Å². The standard InChI is InChI=1S/C16H27N3.ClH/c1-3-4-6-9-14(2)19-16(17)18-13-12-15-10-7-5-8-11-15;/h5,7-8,10-11,14H,3-4,6,9,12-13H2,1-2H3,(H3,17,18,19);1H. The van der Waals surface area contributed by atoms with Crippen LogP contribution in [0, 0.1) is 0 Å². The van der Waals surface area contributed by atoms with E-state index in [-0.39, 0.29) is 12.4 Å². The summed E-state index contributed by atoms with van der Waals surface area (Å²) in [7, 11) is 0. The number of hydrogen-bond acceptors (Lipinski definition) is 0. The third kappa shape index (κ3) is 8.81. The summed E-state index contributed by atoms with van der Waals surface area (Å²) in [4.78, 5) is 3.24. The van der Waals surface area contributed by atoms with Gasteiger partial charge in [0.15, 0.2) is 0 Å². The first-order chi connectivity index (χ1) is 9.22. The summed E-state index contributed by atoms with van der Waals surface area (Å²) < 4.78 is 0. The van der Waals surface area contributed by atoms with Crippen LogP contribution in [0.25, 0.3) is 0 Å². The van der Waals surface area contributed by atoms with Crippen molar-refractivity contribution in [2.45, 2.75) is 52.0 Å². The van der Waals surface area contributed by atoms with E-state index in [2.05, 4.69) is 48.4 Å². The van der Waals surface area contributed by atoms with Gasteiger partial charge in [0.1, 0.15) is 0 Å². The second kappa shape index (κ2) is 11.6. The maximum atomic E-state index is 5.94. The minimum Gasteiger partial charge on any atom is -1.00 e. The summed E-state index contributed by atoms with van der Waals surface area (Å²) >= 11 is 0. The third-order valence-electron chi connectivity index (χ3n) is 3.21. The van der Waals surface area contributed by atoms with Gasteiger partial charge in [-0.15, -0.1) is 0 Å². The summed E-state index contributed by atoms with van der Waals surface area (Å²) in [5, 5.41) is 3.31. The van der Waals surface area contributed by atoms with E-state index in [4.69, 9.17) is 5.73 Å². The third-order valence-corrected chi connectivity index (χ3v) is 3.21. The Morgan fingerprint density at radius 1 is 1.25 bits per heavy atom. The topological polar surface area (TPSA) is 52.0 Å². The molecule has 1 unspecified atom stereocenters. The van der Waals surface area contributed by atoms with Crippen molar-refractivity contribution >= 4 is 5.96 Å². The van der Waals surface area contributed by atoms with E-state index >= 15 is 0 Å². The highest BCUT2D eigenvalue weighted by molar-refractivity contribution is 5.71. The van der Waals surface area contributed by atoms with Crippen LogP contribution in [0.4, 0.5) is 0 Å². The zero-order valence-corrected chi connectivity index (χ0v) is 13.4. The van der Waals surface area contributed by atoms with Gasteiger partial charge in [0, 0.05) is 6.42 Å². The first-order valence-electron chi connectivity index (χ1n) is 7.39. The second-order valence-electron chi connectivity index (χ2n) is 5.12. The number of nitrogens with one attached hydrogen (secondary N) is 2. The highest BCUT2D eigenvalue weighted by atomic mass is 35.5. The fourth-order valence-electron chi connectivity index (χ4n) is 2.08. The van der Waals surface area contributed by atoms with Crippen LogP contribution in [0.3, 0.4) is 0 Å². The first-order valence-corrected chi connectivity index (χ1v) is 7.39. The molecule has 1 rings (SSSR count). The summed E-state index contributed by atoms with van der Waals surface area (Å²) in [6.07, 6.45) is 6.00. The predicted molar refractivity (Wildman–Crippen MR) is 81.9 cm³/mol. The predicted octanol–water partition coefficient (Wildman–Crippen LogP) is -1.81. The summed E-state index contributed by atoms with van der Waals surface area (Å²) in [6, 6.07) is 10.9. The number of halogens is 1. The normalized spacial score (nSPS) is 12.6. The van der Waals surface area contributed by atoms with Crippen molar-refractivity contribution in [1.29, 1.82) is 0 Å². The summed E-state index contributed by atoms with van der Waals surface area (Å²) in [5.41, 5.74) is 7.27. The molecule has 1 aromatic carbocycles. The number of guanidine groups is 1. The highest BCUT2D eigenvalue weighted by Gasteiger charge is 2.06. The molecule has 3 nitrogen and oxygen atoms in total. The molecule has 0 aromatic heterocycles. The average molecular weight is 298 g/mol. The monoisotopic (exact) mass is 297 g/mol. The number of nitrogens with two attached hydrogens (primary N) is 1. The van der Waals surface area contributed by atoms with E-state index in [1.807, 2.05) is 6.07 Å². The lowest BCUT2D eigenvalue weighted by molar-refractivity contribution is -0.459. The Morgan fingerprint density at radius 2 is 1.95 bits per heavy atom. The van der Waals surface area contributed by atoms with E-state index in [0.717, 1.165) is 13.0 Å². The van der Waals surface area contributed by atoms with Crippen molar-refractivity contribution < 1.29 is 17.4 Å². The van der Waals surface area contributed by atoms with Crippen LogP contribution in [0.1, 0.15) is 45.1 Å². The first kappa shape index (κ1) is 18.8. The average Bonchev–Trinajstić information content (AvgIpc) is 2.40.